The van der Waals surface area contributed by atoms with E-state index in [0.29, 0.717) is 12.3 Å². The third-order valence-corrected chi connectivity index (χ3v) is 3.61. The molecule has 0 spiro atoms. The van der Waals surface area contributed by atoms with Crippen molar-refractivity contribution >= 4 is 17.5 Å². The Balaban J connectivity index is 2.66. The highest BCUT2D eigenvalue weighted by Gasteiger charge is 2.25. The molecule has 0 aliphatic carbocycles. The van der Waals surface area contributed by atoms with Crippen molar-refractivity contribution < 1.29 is 4.79 Å². The second-order valence-corrected chi connectivity index (χ2v) is 6.45. The Bertz CT molecular complexity index is 423. The van der Waals surface area contributed by atoms with E-state index in [0.717, 1.165) is 17.5 Å². The number of aryl methyl sites for hydroxylation is 1. The van der Waals surface area contributed by atoms with Gasteiger partial charge < -0.3 is 5.32 Å². The van der Waals surface area contributed by atoms with Gasteiger partial charge in [0.2, 0.25) is 5.91 Å². The summed E-state index contributed by atoms with van der Waals surface area (Å²) in [6, 6.07) is 8.10. The number of hydrogen-bond acceptors (Lipinski definition) is 1. The predicted octanol–water partition coefficient (Wildman–Crippen LogP) is 3.70. The minimum absolute atomic E-state index is 0.0241. The lowest BCUT2D eigenvalue weighted by Crippen LogP contribution is -2.44. The third kappa shape index (κ3) is 5.23. The average molecular weight is 282 g/mol. The Kier molecular flexibility index (Phi) is 5.86. The van der Waals surface area contributed by atoms with Crippen LogP contribution in [-0.2, 0) is 11.2 Å². The van der Waals surface area contributed by atoms with Gasteiger partial charge in [-0.1, -0.05) is 45.0 Å². The van der Waals surface area contributed by atoms with Gasteiger partial charge in [0.25, 0.3) is 0 Å². The number of rotatable bonds is 5. The van der Waals surface area contributed by atoms with Crippen molar-refractivity contribution in [1.82, 2.24) is 5.32 Å². The van der Waals surface area contributed by atoms with Crippen LogP contribution >= 0.6 is 11.6 Å². The van der Waals surface area contributed by atoms with E-state index in [4.69, 9.17) is 11.6 Å². The molecular weight excluding hydrogens is 258 g/mol. The molecule has 1 unspecified atom stereocenters. The van der Waals surface area contributed by atoms with Gasteiger partial charge in [-0.2, -0.15) is 0 Å². The van der Waals surface area contributed by atoms with Crippen LogP contribution in [0, 0.1) is 12.3 Å². The third-order valence-electron chi connectivity index (χ3n) is 3.39. The van der Waals surface area contributed by atoms with E-state index in [1.807, 2.05) is 31.2 Å². The molecule has 0 radical (unpaired) electrons. The fourth-order valence-electron chi connectivity index (χ4n) is 2.06. The van der Waals surface area contributed by atoms with E-state index >= 15 is 0 Å². The number of alkyl halides is 1. The molecule has 2 nitrogen and oxygen atoms in total. The van der Waals surface area contributed by atoms with Crippen molar-refractivity contribution in [1.29, 1.82) is 0 Å². The number of amides is 1. The molecule has 0 aliphatic heterocycles. The van der Waals surface area contributed by atoms with Gasteiger partial charge in [0.15, 0.2) is 0 Å². The lowest BCUT2D eigenvalue weighted by molar-refractivity contribution is -0.121. The SMILES string of the molecule is Cc1ccccc1CC(=O)NC(CCCl)C(C)(C)C. The van der Waals surface area contributed by atoms with Crippen molar-refractivity contribution in [2.24, 2.45) is 5.41 Å². The summed E-state index contributed by atoms with van der Waals surface area (Å²) < 4.78 is 0. The summed E-state index contributed by atoms with van der Waals surface area (Å²) in [5.41, 5.74) is 2.26. The van der Waals surface area contributed by atoms with Crippen LogP contribution in [0.15, 0.2) is 24.3 Å². The highest BCUT2D eigenvalue weighted by Crippen LogP contribution is 2.22. The number of carbonyl (C=O) groups excluding carboxylic acids is 1. The van der Waals surface area contributed by atoms with E-state index in [9.17, 15) is 4.79 Å². The molecule has 0 fully saturated rings. The van der Waals surface area contributed by atoms with Crippen LogP contribution in [0.3, 0.4) is 0 Å². The summed E-state index contributed by atoms with van der Waals surface area (Å²) in [5, 5.41) is 3.11. The smallest absolute Gasteiger partial charge is 0.224 e. The molecule has 0 bridgehead atoms. The van der Waals surface area contributed by atoms with E-state index in [1.165, 1.54) is 0 Å². The van der Waals surface area contributed by atoms with E-state index in [2.05, 4.69) is 26.1 Å². The van der Waals surface area contributed by atoms with E-state index in [-0.39, 0.29) is 17.4 Å². The fourth-order valence-corrected chi connectivity index (χ4v) is 2.28. The van der Waals surface area contributed by atoms with Gasteiger partial charge in [0.05, 0.1) is 6.42 Å². The fraction of sp³-hybridized carbons (Fsp3) is 0.562. The van der Waals surface area contributed by atoms with Crippen LogP contribution in [0.5, 0.6) is 0 Å². The van der Waals surface area contributed by atoms with Gasteiger partial charge >= 0.3 is 0 Å². The first-order valence-electron chi connectivity index (χ1n) is 6.74. The van der Waals surface area contributed by atoms with Crippen molar-refractivity contribution in [2.75, 3.05) is 5.88 Å². The van der Waals surface area contributed by atoms with Crippen molar-refractivity contribution in [3.8, 4) is 0 Å². The highest BCUT2D eigenvalue weighted by molar-refractivity contribution is 6.17. The number of hydrogen-bond donors (Lipinski definition) is 1. The summed E-state index contributed by atoms with van der Waals surface area (Å²) in [7, 11) is 0. The van der Waals surface area contributed by atoms with Gasteiger partial charge in [-0.3, -0.25) is 4.79 Å². The zero-order valence-corrected chi connectivity index (χ0v) is 13.1. The molecule has 1 atom stereocenters. The van der Waals surface area contributed by atoms with Gasteiger partial charge in [0, 0.05) is 11.9 Å². The molecule has 1 amide bonds. The summed E-state index contributed by atoms with van der Waals surface area (Å²) in [4.78, 5) is 12.1. The molecule has 1 aromatic rings. The van der Waals surface area contributed by atoms with Crippen molar-refractivity contribution in [3.05, 3.63) is 35.4 Å². The van der Waals surface area contributed by atoms with Crippen LogP contribution < -0.4 is 5.32 Å². The van der Waals surface area contributed by atoms with Gasteiger partial charge in [-0.25, -0.2) is 0 Å². The maximum absolute atomic E-state index is 12.1. The molecule has 1 N–H and O–H groups in total. The number of benzene rings is 1. The normalized spacial score (nSPS) is 13.1. The second-order valence-electron chi connectivity index (χ2n) is 6.07. The molecule has 0 heterocycles. The maximum atomic E-state index is 12.1. The second kappa shape index (κ2) is 6.95. The molecule has 1 aromatic carbocycles. The zero-order chi connectivity index (χ0) is 14.5. The highest BCUT2D eigenvalue weighted by atomic mass is 35.5. The standard InChI is InChI=1S/C16H24ClNO/c1-12-7-5-6-8-13(12)11-15(19)18-14(9-10-17)16(2,3)4/h5-8,14H,9-11H2,1-4H3,(H,18,19). The molecule has 0 saturated heterocycles. The summed E-state index contributed by atoms with van der Waals surface area (Å²) in [6.07, 6.45) is 1.23. The van der Waals surface area contributed by atoms with Crippen LogP contribution in [-0.4, -0.2) is 17.8 Å². The minimum Gasteiger partial charge on any atom is -0.353 e. The number of carbonyl (C=O) groups is 1. The average Bonchev–Trinajstić information content (AvgIpc) is 2.30. The Labute approximate surface area is 121 Å². The molecule has 0 aliphatic rings. The maximum Gasteiger partial charge on any atom is 0.224 e. The predicted molar refractivity (Wildman–Crippen MR) is 81.6 cm³/mol. The molecule has 0 aromatic heterocycles. The first-order valence-corrected chi connectivity index (χ1v) is 7.28. The molecule has 0 saturated carbocycles. The van der Waals surface area contributed by atoms with E-state index < -0.39 is 0 Å². The largest absolute Gasteiger partial charge is 0.353 e. The Morgan fingerprint density at radius 2 is 1.95 bits per heavy atom. The van der Waals surface area contributed by atoms with Crippen LogP contribution in [0.4, 0.5) is 0 Å². The number of halogens is 1. The zero-order valence-electron chi connectivity index (χ0n) is 12.3. The number of nitrogens with one attached hydrogen (secondary N) is 1. The summed E-state index contributed by atoms with van der Waals surface area (Å²) in [6.45, 7) is 8.40. The first kappa shape index (κ1) is 16.0. The molecule has 19 heavy (non-hydrogen) atoms. The Hall–Kier alpha value is -1.02. The summed E-state index contributed by atoms with van der Waals surface area (Å²) >= 11 is 5.82. The molecule has 3 heteroatoms. The van der Waals surface area contributed by atoms with Crippen LogP contribution in [0.25, 0.3) is 0 Å². The molecular formula is C16H24ClNO. The Morgan fingerprint density at radius 3 is 2.47 bits per heavy atom. The summed E-state index contributed by atoms with van der Waals surface area (Å²) in [5.74, 6) is 0.631. The van der Waals surface area contributed by atoms with Crippen LogP contribution in [0.1, 0.15) is 38.3 Å². The topological polar surface area (TPSA) is 29.1 Å². The van der Waals surface area contributed by atoms with E-state index in [1.54, 1.807) is 0 Å². The molecule has 1 rings (SSSR count). The lowest BCUT2D eigenvalue weighted by atomic mass is 9.85. The van der Waals surface area contributed by atoms with Crippen LogP contribution in [0.2, 0.25) is 0 Å². The van der Waals surface area contributed by atoms with Crippen molar-refractivity contribution in [2.45, 2.75) is 46.6 Å². The van der Waals surface area contributed by atoms with Gasteiger partial charge in [0.1, 0.15) is 0 Å². The van der Waals surface area contributed by atoms with Crippen molar-refractivity contribution in [3.63, 3.8) is 0 Å². The van der Waals surface area contributed by atoms with Gasteiger partial charge in [-0.05, 0) is 29.9 Å². The first-order chi connectivity index (χ1) is 8.84. The monoisotopic (exact) mass is 281 g/mol. The minimum atomic E-state index is 0.0241. The molecule has 106 valence electrons. The quantitative estimate of drug-likeness (QED) is 0.819. The lowest BCUT2D eigenvalue weighted by Gasteiger charge is -2.31. The van der Waals surface area contributed by atoms with Gasteiger partial charge in [-0.15, -0.1) is 11.6 Å². The Morgan fingerprint density at radius 1 is 1.32 bits per heavy atom.